The van der Waals surface area contributed by atoms with E-state index in [0.29, 0.717) is 6.54 Å². The summed E-state index contributed by atoms with van der Waals surface area (Å²) in [6.07, 6.45) is 11.4. The van der Waals surface area contributed by atoms with Gasteiger partial charge in [0.1, 0.15) is 0 Å². The van der Waals surface area contributed by atoms with Gasteiger partial charge in [0.15, 0.2) is 0 Å². The predicted octanol–water partition coefficient (Wildman–Crippen LogP) is 2.87. The van der Waals surface area contributed by atoms with Crippen LogP contribution >= 0.6 is 0 Å². The normalized spacial score (nSPS) is 15.8. The minimum Gasteiger partial charge on any atom is -0.376 e. The Balaban J connectivity index is 1.85. The van der Waals surface area contributed by atoms with Crippen LogP contribution in [-0.4, -0.2) is 30.4 Å². The molecule has 0 bridgehead atoms. The number of carbonyl (C=O) groups is 1. The Morgan fingerprint density at radius 3 is 2.60 bits per heavy atom. The van der Waals surface area contributed by atoms with Gasteiger partial charge in [0, 0.05) is 24.3 Å². The van der Waals surface area contributed by atoms with Gasteiger partial charge >= 0.3 is 0 Å². The number of anilines is 1. The molecule has 0 saturated carbocycles. The van der Waals surface area contributed by atoms with Gasteiger partial charge < -0.3 is 10.2 Å². The Kier molecular flexibility index (Phi) is 5.49. The molecular weight excluding hydrogens is 248 g/mol. The lowest BCUT2D eigenvalue weighted by molar-refractivity contribution is -0.129. The summed E-state index contributed by atoms with van der Waals surface area (Å²) in [5.41, 5.74) is 1.73. The van der Waals surface area contributed by atoms with Gasteiger partial charge in [-0.3, -0.25) is 4.79 Å². The van der Waals surface area contributed by atoms with Gasteiger partial charge in [-0.2, -0.15) is 0 Å². The van der Waals surface area contributed by atoms with Crippen LogP contribution in [0.3, 0.4) is 0 Å². The second kappa shape index (κ2) is 7.59. The number of terminal acetylenes is 1. The number of likely N-dealkylation sites (tertiary alicyclic amines) is 1. The molecule has 0 spiro atoms. The third kappa shape index (κ3) is 4.31. The van der Waals surface area contributed by atoms with Crippen molar-refractivity contribution in [1.82, 2.24) is 4.90 Å². The second-order valence-corrected chi connectivity index (χ2v) is 5.23. The molecule has 0 unspecified atom stereocenters. The zero-order chi connectivity index (χ0) is 14.2. The minimum absolute atomic E-state index is 0.179. The molecule has 1 saturated heterocycles. The maximum absolute atomic E-state index is 12.2. The van der Waals surface area contributed by atoms with E-state index in [1.54, 1.807) is 0 Å². The highest BCUT2D eigenvalue weighted by atomic mass is 16.2. The summed E-state index contributed by atoms with van der Waals surface area (Å²) < 4.78 is 0. The van der Waals surface area contributed by atoms with Gasteiger partial charge in [-0.25, -0.2) is 0 Å². The van der Waals surface area contributed by atoms with Gasteiger partial charge in [0.05, 0.1) is 6.54 Å². The molecule has 3 nitrogen and oxygen atoms in total. The van der Waals surface area contributed by atoms with Crippen molar-refractivity contribution in [3.63, 3.8) is 0 Å². The van der Waals surface area contributed by atoms with Gasteiger partial charge in [0.25, 0.3) is 0 Å². The van der Waals surface area contributed by atoms with Crippen molar-refractivity contribution in [1.29, 1.82) is 0 Å². The minimum atomic E-state index is 0.179. The van der Waals surface area contributed by atoms with Crippen molar-refractivity contribution in [3.05, 3.63) is 29.8 Å². The van der Waals surface area contributed by atoms with E-state index in [1.165, 1.54) is 19.3 Å². The van der Waals surface area contributed by atoms with E-state index < -0.39 is 0 Å². The summed E-state index contributed by atoms with van der Waals surface area (Å²) in [6, 6.07) is 7.60. The standard InChI is InChI=1S/C17H22N2O/c1-2-15-9-8-10-16(13-15)18-14-17(20)19-11-6-4-3-5-7-12-19/h1,8-10,13,18H,3-7,11-12,14H2. The van der Waals surface area contributed by atoms with Crippen molar-refractivity contribution < 1.29 is 4.79 Å². The number of rotatable bonds is 3. The maximum Gasteiger partial charge on any atom is 0.241 e. The van der Waals surface area contributed by atoms with Gasteiger partial charge in [-0.05, 0) is 31.0 Å². The lowest BCUT2D eigenvalue weighted by atomic mass is 10.1. The molecule has 106 valence electrons. The SMILES string of the molecule is C#Cc1cccc(NCC(=O)N2CCCCCCC2)c1. The Labute approximate surface area is 121 Å². The molecule has 1 fully saturated rings. The molecule has 20 heavy (non-hydrogen) atoms. The molecule has 0 aliphatic carbocycles. The van der Waals surface area contributed by atoms with Gasteiger partial charge in [-0.1, -0.05) is 31.2 Å². The number of benzene rings is 1. The lowest BCUT2D eigenvalue weighted by Gasteiger charge is -2.25. The largest absolute Gasteiger partial charge is 0.376 e. The topological polar surface area (TPSA) is 32.3 Å². The molecule has 3 heteroatoms. The number of hydrogen-bond donors (Lipinski definition) is 1. The predicted molar refractivity (Wildman–Crippen MR) is 82.5 cm³/mol. The molecule has 1 aliphatic heterocycles. The third-order valence-electron chi connectivity index (χ3n) is 3.68. The highest BCUT2D eigenvalue weighted by Gasteiger charge is 2.14. The first-order valence-corrected chi connectivity index (χ1v) is 7.38. The molecule has 1 amide bonds. The van der Waals surface area contributed by atoms with Crippen LogP contribution in [0.4, 0.5) is 5.69 Å². The highest BCUT2D eigenvalue weighted by molar-refractivity contribution is 5.81. The van der Waals surface area contributed by atoms with Crippen molar-refractivity contribution in [2.24, 2.45) is 0 Å². The monoisotopic (exact) mass is 270 g/mol. The number of nitrogens with zero attached hydrogens (tertiary/aromatic N) is 1. The van der Waals surface area contributed by atoms with Crippen LogP contribution in [0.25, 0.3) is 0 Å². The molecule has 1 heterocycles. The van der Waals surface area contributed by atoms with Crippen LogP contribution in [0.5, 0.6) is 0 Å². The van der Waals surface area contributed by atoms with Crippen LogP contribution < -0.4 is 5.32 Å². The maximum atomic E-state index is 12.2. The van der Waals surface area contributed by atoms with Crippen LogP contribution in [-0.2, 0) is 4.79 Å². The zero-order valence-electron chi connectivity index (χ0n) is 11.9. The van der Waals surface area contributed by atoms with E-state index in [1.807, 2.05) is 29.2 Å². The van der Waals surface area contributed by atoms with E-state index >= 15 is 0 Å². The molecule has 1 aromatic carbocycles. The van der Waals surface area contributed by atoms with Crippen molar-refractivity contribution in [3.8, 4) is 12.3 Å². The van der Waals surface area contributed by atoms with Crippen LogP contribution in [0.15, 0.2) is 24.3 Å². The van der Waals surface area contributed by atoms with Crippen LogP contribution in [0.1, 0.15) is 37.7 Å². The fourth-order valence-electron chi connectivity index (χ4n) is 2.51. The zero-order valence-corrected chi connectivity index (χ0v) is 11.9. The third-order valence-corrected chi connectivity index (χ3v) is 3.68. The van der Waals surface area contributed by atoms with E-state index in [9.17, 15) is 4.79 Å². The molecule has 0 radical (unpaired) electrons. The first-order valence-electron chi connectivity index (χ1n) is 7.38. The van der Waals surface area contributed by atoms with Crippen LogP contribution in [0.2, 0.25) is 0 Å². The number of carbonyl (C=O) groups excluding carboxylic acids is 1. The summed E-state index contributed by atoms with van der Waals surface area (Å²) >= 11 is 0. The molecule has 1 aliphatic rings. The molecule has 0 aromatic heterocycles. The molecular formula is C17H22N2O. The first-order chi connectivity index (χ1) is 9.79. The van der Waals surface area contributed by atoms with E-state index in [2.05, 4.69) is 11.2 Å². The lowest BCUT2D eigenvalue weighted by Crippen LogP contribution is -2.37. The van der Waals surface area contributed by atoms with E-state index in [4.69, 9.17) is 6.42 Å². The van der Waals surface area contributed by atoms with Gasteiger partial charge in [-0.15, -0.1) is 6.42 Å². The second-order valence-electron chi connectivity index (χ2n) is 5.23. The Bertz CT molecular complexity index is 482. The van der Waals surface area contributed by atoms with Crippen LogP contribution in [0, 0.1) is 12.3 Å². The van der Waals surface area contributed by atoms with Crippen molar-refractivity contribution in [2.75, 3.05) is 25.0 Å². The fraction of sp³-hybridized carbons (Fsp3) is 0.471. The fourth-order valence-corrected chi connectivity index (χ4v) is 2.51. The quantitative estimate of drug-likeness (QED) is 0.857. The van der Waals surface area contributed by atoms with E-state index in [0.717, 1.165) is 37.2 Å². The van der Waals surface area contributed by atoms with Crippen molar-refractivity contribution in [2.45, 2.75) is 32.1 Å². The number of nitrogens with one attached hydrogen (secondary N) is 1. The molecule has 1 aromatic rings. The van der Waals surface area contributed by atoms with E-state index in [-0.39, 0.29) is 5.91 Å². The average Bonchev–Trinajstić information content (AvgIpc) is 2.44. The summed E-state index contributed by atoms with van der Waals surface area (Å²) in [7, 11) is 0. The Morgan fingerprint density at radius 1 is 1.20 bits per heavy atom. The Hall–Kier alpha value is -1.95. The number of amides is 1. The smallest absolute Gasteiger partial charge is 0.241 e. The first kappa shape index (κ1) is 14.5. The van der Waals surface area contributed by atoms with Crippen molar-refractivity contribution >= 4 is 11.6 Å². The number of hydrogen-bond acceptors (Lipinski definition) is 2. The molecule has 1 N–H and O–H groups in total. The highest BCUT2D eigenvalue weighted by Crippen LogP contribution is 2.12. The molecule has 0 atom stereocenters. The summed E-state index contributed by atoms with van der Waals surface area (Å²) in [5.74, 6) is 2.78. The summed E-state index contributed by atoms with van der Waals surface area (Å²) in [6.45, 7) is 2.13. The molecule has 2 rings (SSSR count). The van der Waals surface area contributed by atoms with Gasteiger partial charge in [0.2, 0.25) is 5.91 Å². The summed E-state index contributed by atoms with van der Waals surface area (Å²) in [5, 5.41) is 3.17. The Morgan fingerprint density at radius 2 is 1.90 bits per heavy atom. The summed E-state index contributed by atoms with van der Waals surface area (Å²) in [4.78, 5) is 14.2. The average molecular weight is 270 g/mol.